The maximum atomic E-state index is 12.2. The quantitative estimate of drug-likeness (QED) is 0.385. The molecule has 7 nitrogen and oxygen atoms in total. The number of benzene rings is 2. The summed E-state index contributed by atoms with van der Waals surface area (Å²) in [4.78, 5) is 16.2. The summed E-state index contributed by atoms with van der Waals surface area (Å²) < 4.78 is 11.6. The number of amides is 1. The Balaban J connectivity index is 1.33. The molecule has 0 unspecified atom stereocenters. The summed E-state index contributed by atoms with van der Waals surface area (Å²) in [6.07, 6.45) is 4.23. The molecule has 0 radical (unpaired) electrons. The molecule has 0 saturated heterocycles. The van der Waals surface area contributed by atoms with Gasteiger partial charge in [0.1, 0.15) is 24.7 Å². The second-order valence-electron chi connectivity index (χ2n) is 6.62. The molecule has 156 valence electrons. The Morgan fingerprint density at radius 2 is 1.87 bits per heavy atom. The normalized spacial score (nSPS) is 16.3. The monoisotopic (exact) mass is 432 g/mol. The summed E-state index contributed by atoms with van der Waals surface area (Å²) in [5.74, 6) is 1.10. The van der Waals surface area contributed by atoms with Crippen LogP contribution < -0.4 is 9.47 Å². The maximum absolute atomic E-state index is 12.2. The van der Waals surface area contributed by atoms with Crippen LogP contribution in [0.2, 0.25) is 0 Å². The molecule has 2 aliphatic heterocycles. The van der Waals surface area contributed by atoms with Crippen LogP contribution in [0.4, 0.5) is 0 Å². The molecule has 8 heteroatoms. The van der Waals surface area contributed by atoms with Crippen molar-refractivity contribution in [3.8, 4) is 11.5 Å². The molecule has 1 amide bonds. The zero-order valence-electron chi connectivity index (χ0n) is 16.7. The molecular weight excluding hydrogens is 412 g/mol. The van der Waals surface area contributed by atoms with Gasteiger partial charge in [-0.1, -0.05) is 36.4 Å². The summed E-state index contributed by atoms with van der Waals surface area (Å²) in [6.45, 7) is 4.58. The second-order valence-corrected chi connectivity index (χ2v) is 7.43. The van der Waals surface area contributed by atoms with E-state index in [1.54, 1.807) is 11.6 Å². The van der Waals surface area contributed by atoms with E-state index in [4.69, 9.17) is 14.9 Å². The number of aliphatic imine (C=N–C) groups is 1. The third-order valence-electron chi connectivity index (χ3n) is 4.53. The highest BCUT2D eigenvalue weighted by molar-refractivity contribution is 8.25. The molecular formula is C23H20N4O3S. The van der Waals surface area contributed by atoms with Gasteiger partial charge >= 0.3 is 0 Å². The minimum absolute atomic E-state index is 0.0189. The van der Waals surface area contributed by atoms with Crippen molar-refractivity contribution in [3.05, 3.63) is 77.9 Å². The minimum atomic E-state index is -0.441. The van der Waals surface area contributed by atoms with E-state index >= 15 is 0 Å². The predicted octanol–water partition coefficient (Wildman–Crippen LogP) is 4.12. The Morgan fingerprint density at radius 3 is 2.68 bits per heavy atom. The Bertz CT molecular complexity index is 1110. The molecule has 0 saturated carbocycles. The van der Waals surface area contributed by atoms with Crippen molar-refractivity contribution >= 4 is 40.3 Å². The first-order valence-electron chi connectivity index (χ1n) is 9.63. The predicted molar refractivity (Wildman–Crippen MR) is 124 cm³/mol. The van der Waals surface area contributed by atoms with Gasteiger partial charge in [-0.3, -0.25) is 10.2 Å². The lowest BCUT2D eigenvalue weighted by Crippen LogP contribution is -2.35. The largest absolute Gasteiger partial charge is 0.490 e. The fraction of sp³-hybridized carbons (Fsp3) is 0.130. The van der Waals surface area contributed by atoms with Crippen LogP contribution in [0.1, 0.15) is 11.1 Å². The van der Waals surface area contributed by atoms with Crippen molar-refractivity contribution in [1.82, 2.24) is 5.01 Å². The fourth-order valence-electron chi connectivity index (χ4n) is 3.04. The zero-order chi connectivity index (χ0) is 21.6. The lowest BCUT2D eigenvalue weighted by Gasteiger charge is -2.20. The molecule has 2 aromatic rings. The highest BCUT2D eigenvalue weighted by Gasteiger charge is 2.32. The number of nitrogens with zero attached hydrogens (tertiary/aromatic N) is 3. The molecule has 2 aliphatic rings. The van der Waals surface area contributed by atoms with Gasteiger partial charge in [0.2, 0.25) is 0 Å². The average Bonchev–Trinajstić information content (AvgIpc) is 3.25. The van der Waals surface area contributed by atoms with Crippen LogP contribution in [0.15, 0.2) is 76.9 Å². The molecule has 0 spiro atoms. The Hall–Kier alpha value is -3.65. The van der Waals surface area contributed by atoms with Crippen LogP contribution >= 0.6 is 11.8 Å². The number of thioether (sulfide) groups is 1. The van der Waals surface area contributed by atoms with Crippen molar-refractivity contribution in [2.75, 3.05) is 13.2 Å². The number of allylic oxidation sites excluding steroid dienone is 1. The van der Waals surface area contributed by atoms with E-state index in [2.05, 4.69) is 16.7 Å². The summed E-state index contributed by atoms with van der Waals surface area (Å²) in [5.41, 5.74) is 3.61. The highest BCUT2D eigenvalue weighted by atomic mass is 32.2. The molecule has 0 atom stereocenters. The number of carbonyl (C=O) groups excluding carboxylic acids is 1. The first-order valence-corrected chi connectivity index (χ1v) is 10.5. The molecule has 2 aromatic carbocycles. The van der Waals surface area contributed by atoms with E-state index in [9.17, 15) is 4.79 Å². The highest BCUT2D eigenvalue weighted by Crippen LogP contribution is 2.25. The fourth-order valence-corrected chi connectivity index (χ4v) is 3.65. The number of ether oxygens (including phenoxy) is 2. The Morgan fingerprint density at radius 1 is 1.10 bits per heavy atom. The molecule has 2 heterocycles. The molecule has 0 bridgehead atoms. The van der Waals surface area contributed by atoms with Gasteiger partial charge in [0.15, 0.2) is 11.0 Å². The lowest BCUT2D eigenvalue weighted by atomic mass is 10.1. The van der Waals surface area contributed by atoms with Gasteiger partial charge in [0.05, 0.1) is 11.1 Å². The second kappa shape index (κ2) is 9.44. The third kappa shape index (κ3) is 4.75. The van der Waals surface area contributed by atoms with Crippen LogP contribution in [-0.2, 0) is 11.2 Å². The molecule has 31 heavy (non-hydrogen) atoms. The number of para-hydroxylation sites is 1. The number of nitrogens with one attached hydrogen (secondary N) is 1. The van der Waals surface area contributed by atoms with Gasteiger partial charge in [-0.05, 0) is 53.6 Å². The van der Waals surface area contributed by atoms with Crippen molar-refractivity contribution in [2.24, 2.45) is 10.1 Å². The van der Waals surface area contributed by atoms with Gasteiger partial charge in [0.25, 0.3) is 5.91 Å². The average molecular weight is 433 g/mol. The van der Waals surface area contributed by atoms with Crippen LogP contribution in [0.25, 0.3) is 6.08 Å². The summed E-state index contributed by atoms with van der Waals surface area (Å²) in [5, 5.41) is 14.0. The molecule has 0 fully saturated rings. The topological polar surface area (TPSA) is 87.3 Å². The Labute approximate surface area is 184 Å². The van der Waals surface area contributed by atoms with Gasteiger partial charge in [0, 0.05) is 0 Å². The lowest BCUT2D eigenvalue weighted by molar-refractivity contribution is -0.114. The molecule has 4 rings (SSSR count). The number of fused-ring (bicyclic) bond motifs is 1. The van der Waals surface area contributed by atoms with E-state index in [-0.39, 0.29) is 11.4 Å². The summed E-state index contributed by atoms with van der Waals surface area (Å²) in [7, 11) is 0. The van der Waals surface area contributed by atoms with Crippen molar-refractivity contribution in [2.45, 2.75) is 6.42 Å². The van der Waals surface area contributed by atoms with Crippen LogP contribution in [-0.4, -0.2) is 40.7 Å². The van der Waals surface area contributed by atoms with E-state index in [1.807, 2.05) is 54.6 Å². The number of hydrogen-bond donors (Lipinski definition) is 1. The number of hydrazone groups is 1. The van der Waals surface area contributed by atoms with Crippen molar-refractivity contribution in [1.29, 1.82) is 5.41 Å². The van der Waals surface area contributed by atoms with Crippen molar-refractivity contribution < 1.29 is 14.3 Å². The van der Waals surface area contributed by atoms with Gasteiger partial charge in [-0.15, -0.1) is 6.58 Å². The van der Waals surface area contributed by atoms with E-state index in [0.717, 1.165) is 23.3 Å². The standard InChI is InChI=1S/C23H20N4O3S/c1-2-5-17-6-3-4-7-20(17)30-13-12-29-18-10-8-16(9-11-18)14-19-21(24)27-23(26-22(19)28)31-15-25-27/h2-4,6-11,14-15,24H,1,5,12-13H2. The smallest absolute Gasteiger partial charge is 0.283 e. The Kier molecular flexibility index (Phi) is 6.28. The molecule has 1 N–H and O–H groups in total. The SMILES string of the molecule is C=CCc1ccccc1OCCOc1ccc(C=C2C(=N)N3N=CSC3=NC2=O)cc1. The maximum Gasteiger partial charge on any atom is 0.283 e. The number of hydrogen-bond acceptors (Lipinski definition) is 6. The van der Waals surface area contributed by atoms with E-state index < -0.39 is 5.91 Å². The van der Waals surface area contributed by atoms with Gasteiger partial charge in [-0.2, -0.15) is 15.1 Å². The molecule has 0 aromatic heterocycles. The minimum Gasteiger partial charge on any atom is -0.490 e. The van der Waals surface area contributed by atoms with Crippen LogP contribution in [0.3, 0.4) is 0 Å². The van der Waals surface area contributed by atoms with Crippen molar-refractivity contribution in [3.63, 3.8) is 0 Å². The first kappa shape index (κ1) is 20.6. The first-order chi connectivity index (χ1) is 15.2. The van der Waals surface area contributed by atoms with Crippen LogP contribution in [0, 0.1) is 5.41 Å². The number of carbonyl (C=O) groups is 1. The van der Waals surface area contributed by atoms with E-state index in [0.29, 0.717) is 24.1 Å². The van der Waals surface area contributed by atoms with Crippen LogP contribution in [0.5, 0.6) is 11.5 Å². The number of rotatable bonds is 8. The van der Waals surface area contributed by atoms with Gasteiger partial charge < -0.3 is 9.47 Å². The summed E-state index contributed by atoms with van der Waals surface area (Å²) >= 11 is 1.22. The third-order valence-corrected chi connectivity index (χ3v) is 5.21. The number of amidine groups is 2. The molecule has 0 aliphatic carbocycles. The van der Waals surface area contributed by atoms with E-state index in [1.165, 1.54) is 16.8 Å². The summed E-state index contributed by atoms with van der Waals surface area (Å²) in [6, 6.07) is 15.1. The zero-order valence-corrected chi connectivity index (χ0v) is 17.5. The van der Waals surface area contributed by atoms with Gasteiger partial charge in [-0.25, -0.2) is 0 Å².